The molecule has 0 saturated heterocycles. The highest BCUT2D eigenvalue weighted by molar-refractivity contribution is 6.32. The summed E-state index contributed by atoms with van der Waals surface area (Å²) in [6.45, 7) is 0.263. The average Bonchev–Trinajstić information content (AvgIpc) is 2.05. The van der Waals surface area contributed by atoms with Gasteiger partial charge in [-0.15, -0.1) is 0 Å². The van der Waals surface area contributed by atoms with Gasteiger partial charge >= 0.3 is 0 Å². The molecule has 0 unspecified atom stereocenters. The minimum Gasteiger partial charge on any atom is -0.508 e. The van der Waals surface area contributed by atoms with E-state index in [2.05, 4.69) is 0 Å². The van der Waals surface area contributed by atoms with Crippen LogP contribution in [0.3, 0.4) is 0 Å². The van der Waals surface area contributed by atoms with Crippen LogP contribution in [0.5, 0.6) is 11.5 Å². The first-order valence-electron chi connectivity index (χ1n) is 3.44. The van der Waals surface area contributed by atoms with Gasteiger partial charge in [0.1, 0.15) is 11.5 Å². The zero-order valence-corrected chi connectivity index (χ0v) is 7.43. The third-order valence-corrected chi connectivity index (χ3v) is 1.87. The van der Waals surface area contributed by atoms with E-state index in [9.17, 15) is 5.11 Å². The highest BCUT2D eigenvalue weighted by atomic mass is 35.5. The van der Waals surface area contributed by atoms with E-state index in [1.165, 1.54) is 13.2 Å². The fourth-order valence-corrected chi connectivity index (χ4v) is 1.14. The Hall–Kier alpha value is -0.930. The van der Waals surface area contributed by atoms with Crippen molar-refractivity contribution < 1.29 is 9.84 Å². The molecule has 0 aromatic heterocycles. The Morgan fingerprint density at radius 2 is 2.25 bits per heavy atom. The van der Waals surface area contributed by atoms with Gasteiger partial charge in [-0.1, -0.05) is 11.6 Å². The van der Waals surface area contributed by atoms with Crippen LogP contribution in [0.4, 0.5) is 0 Å². The molecular formula is C8H10ClNO2. The Balaban J connectivity index is 3.18. The van der Waals surface area contributed by atoms with E-state index in [1.54, 1.807) is 6.07 Å². The Morgan fingerprint density at radius 1 is 1.58 bits per heavy atom. The summed E-state index contributed by atoms with van der Waals surface area (Å²) in [6, 6.07) is 3.04. The number of aromatic hydroxyl groups is 1. The number of rotatable bonds is 2. The molecule has 12 heavy (non-hydrogen) atoms. The average molecular weight is 188 g/mol. The second-order valence-electron chi connectivity index (χ2n) is 2.32. The smallest absolute Gasteiger partial charge is 0.138 e. The Morgan fingerprint density at radius 3 is 2.75 bits per heavy atom. The van der Waals surface area contributed by atoms with Crippen LogP contribution in [0.25, 0.3) is 0 Å². The van der Waals surface area contributed by atoms with Gasteiger partial charge in [-0.3, -0.25) is 0 Å². The van der Waals surface area contributed by atoms with E-state index >= 15 is 0 Å². The minimum absolute atomic E-state index is 0.100. The topological polar surface area (TPSA) is 55.5 Å². The van der Waals surface area contributed by atoms with E-state index in [-0.39, 0.29) is 12.3 Å². The van der Waals surface area contributed by atoms with Gasteiger partial charge in [-0.05, 0) is 6.07 Å². The van der Waals surface area contributed by atoms with Crippen LogP contribution in [0, 0.1) is 0 Å². The summed E-state index contributed by atoms with van der Waals surface area (Å²) in [5.74, 6) is 0.623. The van der Waals surface area contributed by atoms with Crippen LogP contribution in [-0.2, 0) is 6.54 Å². The summed E-state index contributed by atoms with van der Waals surface area (Å²) in [4.78, 5) is 0. The maximum absolute atomic E-state index is 9.29. The number of benzene rings is 1. The first-order chi connectivity index (χ1) is 5.69. The van der Waals surface area contributed by atoms with Crippen LogP contribution in [0.15, 0.2) is 12.1 Å². The molecule has 0 atom stereocenters. The van der Waals surface area contributed by atoms with E-state index in [0.29, 0.717) is 16.3 Å². The summed E-state index contributed by atoms with van der Waals surface area (Å²) in [5, 5.41) is 9.67. The molecule has 0 fully saturated rings. The molecule has 0 aliphatic rings. The number of hydrogen-bond donors (Lipinski definition) is 2. The molecule has 0 spiro atoms. The largest absolute Gasteiger partial charge is 0.508 e. The molecular weight excluding hydrogens is 178 g/mol. The van der Waals surface area contributed by atoms with Crippen LogP contribution in [0.1, 0.15) is 5.56 Å². The second-order valence-corrected chi connectivity index (χ2v) is 2.73. The number of nitrogens with two attached hydrogens (primary N) is 1. The summed E-state index contributed by atoms with van der Waals surface area (Å²) >= 11 is 5.73. The molecule has 1 aromatic carbocycles. The van der Waals surface area contributed by atoms with Crippen LogP contribution in [0.2, 0.25) is 5.02 Å². The van der Waals surface area contributed by atoms with Crippen molar-refractivity contribution in [3.8, 4) is 11.5 Å². The van der Waals surface area contributed by atoms with Crippen LogP contribution >= 0.6 is 11.6 Å². The zero-order valence-electron chi connectivity index (χ0n) is 6.67. The van der Waals surface area contributed by atoms with Gasteiger partial charge in [0.15, 0.2) is 0 Å². The lowest BCUT2D eigenvalue weighted by Crippen LogP contribution is -1.97. The zero-order chi connectivity index (χ0) is 9.14. The first kappa shape index (κ1) is 9.16. The number of methoxy groups -OCH3 is 1. The lowest BCUT2D eigenvalue weighted by atomic mass is 10.2. The van der Waals surface area contributed by atoms with E-state index < -0.39 is 0 Å². The summed E-state index contributed by atoms with van der Waals surface area (Å²) in [6.07, 6.45) is 0. The summed E-state index contributed by atoms with van der Waals surface area (Å²) < 4.78 is 4.94. The van der Waals surface area contributed by atoms with Gasteiger partial charge < -0.3 is 15.6 Å². The predicted octanol–water partition coefficient (Wildman–Crippen LogP) is 1.51. The van der Waals surface area contributed by atoms with Crippen molar-refractivity contribution in [2.24, 2.45) is 5.73 Å². The Labute approximate surface area is 75.7 Å². The first-order valence-corrected chi connectivity index (χ1v) is 3.82. The van der Waals surface area contributed by atoms with Gasteiger partial charge in [0.2, 0.25) is 0 Å². The van der Waals surface area contributed by atoms with Crippen LogP contribution in [-0.4, -0.2) is 12.2 Å². The molecule has 0 saturated carbocycles. The molecule has 1 aromatic rings. The fraction of sp³-hybridized carbons (Fsp3) is 0.250. The van der Waals surface area contributed by atoms with E-state index in [4.69, 9.17) is 22.1 Å². The summed E-state index contributed by atoms with van der Waals surface area (Å²) in [5.41, 5.74) is 5.99. The molecule has 66 valence electrons. The molecule has 3 nitrogen and oxygen atoms in total. The number of ether oxygens (including phenoxy) is 1. The SMILES string of the molecule is COc1cc(CN)c(O)cc1Cl. The minimum atomic E-state index is 0.100. The normalized spacial score (nSPS) is 9.92. The molecule has 0 aliphatic heterocycles. The van der Waals surface area contributed by atoms with Gasteiger partial charge in [0.25, 0.3) is 0 Å². The second kappa shape index (κ2) is 3.65. The van der Waals surface area contributed by atoms with Crippen LogP contribution < -0.4 is 10.5 Å². The number of halogens is 1. The predicted molar refractivity (Wildman–Crippen MR) is 47.6 cm³/mol. The molecule has 0 bridgehead atoms. The number of hydrogen-bond acceptors (Lipinski definition) is 3. The van der Waals surface area contributed by atoms with Gasteiger partial charge in [-0.25, -0.2) is 0 Å². The highest BCUT2D eigenvalue weighted by Crippen LogP contribution is 2.31. The van der Waals surface area contributed by atoms with Gasteiger partial charge in [0.05, 0.1) is 12.1 Å². The van der Waals surface area contributed by atoms with Crippen molar-refractivity contribution in [3.05, 3.63) is 22.7 Å². The third-order valence-electron chi connectivity index (χ3n) is 1.57. The van der Waals surface area contributed by atoms with Crippen molar-refractivity contribution in [2.75, 3.05) is 7.11 Å². The Bertz CT molecular complexity index is 263. The van der Waals surface area contributed by atoms with Gasteiger partial charge in [0, 0.05) is 18.2 Å². The maximum atomic E-state index is 9.29. The molecule has 0 amide bonds. The molecule has 0 radical (unpaired) electrons. The fourth-order valence-electron chi connectivity index (χ4n) is 0.905. The third kappa shape index (κ3) is 1.62. The van der Waals surface area contributed by atoms with Gasteiger partial charge in [-0.2, -0.15) is 0 Å². The molecule has 3 N–H and O–H groups in total. The Kier molecular flexibility index (Phi) is 2.78. The maximum Gasteiger partial charge on any atom is 0.138 e. The molecule has 1 rings (SSSR count). The monoisotopic (exact) mass is 187 g/mol. The van der Waals surface area contributed by atoms with Crippen molar-refractivity contribution in [2.45, 2.75) is 6.54 Å². The quantitative estimate of drug-likeness (QED) is 0.738. The number of phenols is 1. The lowest BCUT2D eigenvalue weighted by molar-refractivity contribution is 0.411. The standard InChI is InChI=1S/C8H10ClNO2/c1-12-8-2-5(4-10)7(11)3-6(8)9/h2-3,11H,4,10H2,1H3. The molecule has 0 aliphatic carbocycles. The van der Waals surface area contributed by atoms with Crippen molar-refractivity contribution in [3.63, 3.8) is 0 Å². The highest BCUT2D eigenvalue weighted by Gasteiger charge is 2.06. The van der Waals surface area contributed by atoms with Crippen molar-refractivity contribution in [1.29, 1.82) is 0 Å². The van der Waals surface area contributed by atoms with Crippen molar-refractivity contribution >= 4 is 11.6 Å². The molecule has 4 heteroatoms. The number of phenolic OH excluding ortho intramolecular Hbond substituents is 1. The van der Waals surface area contributed by atoms with E-state index in [1.807, 2.05) is 0 Å². The van der Waals surface area contributed by atoms with Crippen molar-refractivity contribution in [1.82, 2.24) is 0 Å². The van der Waals surface area contributed by atoms with E-state index in [0.717, 1.165) is 0 Å². The summed E-state index contributed by atoms with van der Waals surface area (Å²) in [7, 11) is 1.51. The lowest BCUT2D eigenvalue weighted by Gasteiger charge is -2.06. The molecule has 0 heterocycles.